The highest BCUT2D eigenvalue weighted by Crippen LogP contribution is 2.15. The molecule has 0 amide bonds. The molecule has 0 saturated heterocycles. The molecule has 2 rings (SSSR count). The maximum absolute atomic E-state index is 5.91. The van der Waals surface area contributed by atoms with Gasteiger partial charge in [-0.1, -0.05) is 31.9 Å². The predicted molar refractivity (Wildman–Crippen MR) is 59.0 cm³/mol. The highest BCUT2D eigenvalue weighted by Gasteiger charge is 2.10. The first-order chi connectivity index (χ1) is 7.22. The van der Waals surface area contributed by atoms with Crippen LogP contribution in [0.15, 0.2) is 12.4 Å². The molecule has 0 radical (unpaired) electrons. The Morgan fingerprint density at radius 1 is 1.47 bits per heavy atom. The van der Waals surface area contributed by atoms with Crippen LogP contribution in [0.4, 0.5) is 0 Å². The monoisotopic (exact) mass is 224 g/mol. The molecule has 0 aromatic carbocycles. The summed E-state index contributed by atoms with van der Waals surface area (Å²) in [5, 5.41) is 8.56. The SMILES string of the molecule is CCC(C)Cc1nnc2c(Cl)nccn12. The van der Waals surface area contributed by atoms with Gasteiger partial charge in [-0.15, -0.1) is 10.2 Å². The second-order valence-corrected chi connectivity index (χ2v) is 4.10. The van der Waals surface area contributed by atoms with Gasteiger partial charge in [0.15, 0.2) is 10.8 Å². The first kappa shape index (κ1) is 10.4. The maximum Gasteiger partial charge on any atom is 0.198 e. The Hall–Kier alpha value is -1.16. The van der Waals surface area contributed by atoms with Crippen molar-refractivity contribution in [2.75, 3.05) is 0 Å². The Balaban J connectivity index is 2.41. The van der Waals surface area contributed by atoms with Gasteiger partial charge in [0.2, 0.25) is 0 Å². The van der Waals surface area contributed by atoms with Crippen LogP contribution in [0, 0.1) is 5.92 Å². The third-order valence-electron chi connectivity index (χ3n) is 2.58. The molecule has 80 valence electrons. The van der Waals surface area contributed by atoms with E-state index in [1.165, 1.54) is 0 Å². The van der Waals surface area contributed by atoms with Crippen molar-refractivity contribution in [3.8, 4) is 0 Å². The summed E-state index contributed by atoms with van der Waals surface area (Å²) in [6.45, 7) is 4.37. The summed E-state index contributed by atoms with van der Waals surface area (Å²) in [5.41, 5.74) is 0.637. The zero-order chi connectivity index (χ0) is 10.8. The van der Waals surface area contributed by atoms with Crippen molar-refractivity contribution in [3.05, 3.63) is 23.4 Å². The van der Waals surface area contributed by atoms with Crippen LogP contribution in [0.1, 0.15) is 26.1 Å². The average Bonchev–Trinajstić information content (AvgIpc) is 2.63. The number of nitrogens with zero attached hydrogens (tertiary/aromatic N) is 4. The van der Waals surface area contributed by atoms with Crippen LogP contribution in [-0.2, 0) is 6.42 Å². The summed E-state index contributed by atoms with van der Waals surface area (Å²) < 4.78 is 1.90. The zero-order valence-corrected chi connectivity index (χ0v) is 9.57. The maximum atomic E-state index is 5.91. The molecule has 2 aromatic heterocycles. The molecule has 0 aliphatic carbocycles. The summed E-state index contributed by atoms with van der Waals surface area (Å²) in [5.74, 6) is 1.55. The molecule has 2 heterocycles. The van der Waals surface area contributed by atoms with Crippen molar-refractivity contribution in [1.29, 1.82) is 0 Å². The van der Waals surface area contributed by atoms with Gasteiger partial charge in [0.1, 0.15) is 5.82 Å². The fraction of sp³-hybridized carbons (Fsp3) is 0.500. The number of halogens is 1. The Morgan fingerprint density at radius 3 is 3.00 bits per heavy atom. The van der Waals surface area contributed by atoms with Crippen LogP contribution in [0.3, 0.4) is 0 Å². The molecule has 0 saturated carbocycles. The highest BCUT2D eigenvalue weighted by molar-refractivity contribution is 6.32. The van der Waals surface area contributed by atoms with Gasteiger partial charge in [-0.2, -0.15) is 0 Å². The predicted octanol–water partition coefficient (Wildman–Crippen LogP) is 2.37. The molecule has 0 aliphatic heterocycles. The van der Waals surface area contributed by atoms with Gasteiger partial charge in [0.05, 0.1) is 0 Å². The molecule has 0 aliphatic rings. The minimum atomic E-state index is 0.403. The van der Waals surface area contributed by atoms with Crippen molar-refractivity contribution >= 4 is 17.2 Å². The van der Waals surface area contributed by atoms with Crippen LogP contribution in [0.25, 0.3) is 5.65 Å². The second-order valence-electron chi connectivity index (χ2n) is 3.75. The van der Waals surface area contributed by atoms with Gasteiger partial charge in [-0.3, -0.25) is 4.40 Å². The normalized spacial score (nSPS) is 13.3. The van der Waals surface area contributed by atoms with Crippen molar-refractivity contribution in [2.24, 2.45) is 5.92 Å². The van der Waals surface area contributed by atoms with Crippen molar-refractivity contribution in [2.45, 2.75) is 26.7 Å². The smallest absolute Gasteiger partial charge is 0.198 e. The number of rotatable bonds is 3. The van der Waals surface area contributed by atoms with Crippen molar-refractivity contribution in [1.82, 2.24) is 19.6 Å². The molecule has 15 heavy (non-hydrogen) atoms. The van der Waals surface area contributed by atoms with Crippen LogP contribution in [0.2, 0.25) is 5.15 Å². The lowest BCUT2D eigenvalue weighted by Crippen LogP contribution is -2.02. The van der Waals surface area contributed by atoms with E-state index in [0.717, 1.165) is 18.7 Å². The van der Waals surface area contributed by atoms with Gasteiger partial charge in [0, 0.05) is 18.8 Å². The number of hydrogen-bond acceptors (Lipinski definition) is 3. The molecular formula is C10H13ClN4. The molecular weight excluding hydrogens is 212 g/mol. The molecule has 0 bridgehead atoms. The van der Waals surface area contributed by atoms with E-state index in [4.69, 9.17) is 11.6 Å². The minimum absolute atomic E-state index is 0.403. The van der Waals surface area contributed by atoms with E-state index in [-0.39, 0.29) is 0 Å². The molecule has 0 spiro atoms. The third kappa shape index (κ3) is 1.95. The summed E-state index contributed by atoms with van der Waals surface area (Å²) >= 11 is 5.91. The van der Waals surface area contributed by atoms with E-state index >= 15 is 0 Å². The van der Waals surface area contributed by atoms with Crippen LogP contribution in [0.5, 0.6) is 0 Å². The van der Waals surface area contributed by atoms with Gasteiger partial charge in [-0.05, 0) is 5.92 Å². The minimum Gasteiger partial charge on any atom is -0.282 e. The van der Waals surface area contributed by atoms with Crippen LogP contribution in [-0.4, -0.2) is 19.6 Å². The lowest BCUT2D eigenvalue weighted by Gasteiger charge is -2.05. The fourth-order valence-corrected chi connectivity index (χ4v) is 1.62. The summed E-state index contributed by atoms with van der Waals surface area (Å²) in [7, 11) is 0. The standard InChI is InChI=1S/C10H13ClN4/c1-3-7(2)6-8-13-14-10-9(11)12-4-5-15(8)10/h4-5,7H,3,6H2,1-2H3. The van der Waals surface area contributed by atoms with Crippen molar-refractivity contribution < 1.29 is 0 Å². The van der Waals surface area contributed by atoms with Crippen LogP contribution < -0.4 is 0 Å². The fourth-order valence-electron chi connectivity index (χ4n) is 1.44. The molecule has 5 heteroatoms. The molecule has 4 nitrogen and oxygen atoms in total. The molecule has 1 atom stereocenters. The molecule has 0 fully saturated rings. The van der Waals surface area contributed by atoms with E-state index in [1.54, 1.807) is 6.20 Å². The Morgan fingerprint density at radius 2 is 2.27 bits per heavy atom. The van der Waals surface area contributed by atoms with E-state index in [2.05, 4.69) is 29.0 Å². The lowest BCUT2D eigenvalue weighted by molar-refractivity contribution is 0.540. The first-order valence-corrected chi connectivity index (χ1v) is 5.44. The van der Waals surface area contributed by atoms with Gasteiger partial charge in [0.25, 0.3) is 0 Å². The topological polar surface area (TPSA) is 43.1 Å². The van der Waals surface area contributed by atoms with Crippen LogP contribution >= 0.6 is 11.6 Å². The zero-order valence-electron chi connectivity index (χ0n) is 8.81. The summed E-state index contributed by atoms with van der Waals surface area (Å²) in [6, 6.07) is 0. The van der Waals surface area contributed by atoms with E-state index in [1.807, 2.05) is 10.6 Å². The third-order valence-corrected chi connectivity index (χ3v) is 2.85. The first-order valence-electron chi connectivity index (χ1n) is 5.06. The molecule has 2 aromatic rings. The molecule has 0 N–H and O–H groups in total. The van der Waals surface area contributed by atoms with Gasteiger partial charge < -0.3 is 0 Å². The molecule has 1 unspecified atom stereocenters. The largest absolute Gasteiger partial charge is 0.282 e. The van der Waals surface area contributed by atoms with E-state index in [9.17, 15) is 0 Å². The quantitative estimate of drug-likeness (QED) is 0.804. The van der Waals surface area contributed by atoms with Gasteiger partial charge >= 0.3 is 0 Å². The Kier molecular flexibility index (Phi) is 2.86. The Labute approximate surface area is 93.3 Å². The highest BCUT2D eigenvalue weighted by atomic mass is 35.5. The van der Waals surface area contributed by atoms with E-state index < -0.39 is 0 Å². The number of aromatic nitrogens is 4. The summed E-state index contributed by atoms with van der Waals surface area (Å²) in [6.07, 6.45) is 5.56. The number of hydrogen-bond donors (Lipinski definition) is 0. The second kappa shape index (κ2) is 4.14. The summed E-state index contributed by atoms with van der Waals surface area (Å²) in [4.78, 5) is 3.96. The Bertz CT molecular complexity index is 465. The number of fused-ring (bicyclic) bond motifs is 1. The van der Waals surface area contributed by atoms with Crippen molar-refractivity contribution in [3.63, 3.8) is 0 Å². The van der Waals surface area contributed by atoms with Gasteiger partial charge in [-0.25, -0.2) is 4.98 Å². The average molecular weight is 225 g/mol. The van der Waals surface area contributed by atoms with E-state index in [0.29, 0.717) is 16.7 Å². The lowest BCUT2D eigenvalue weighted by atomic mass is 10.1.